The Labute approximate surface area is 93.2 Å². The van der Waals surface area contributed by atoms with Gasteiger partial charge in [0.05, 0.1) is 16.6 Å². The van der Waals surface area contributed by atoms with Crippen LogP contribution >= 0.6 is 0 Å². The van der Waals surface area contributed by atoms with E-state index in [2.05, 4.69) is 11.6 Å². The van der Waals surface area contributed by atoms with Crippen molar-refractivity contribution in [2.75, 3.05) is 0 Å². The summed E-state index contributed by atoms with van der Waals surface area (Å²) in [5, 5.41) is 11.6. The average molecular weight is 209 g/mol. The predicted octanol–water partition coefficient (Wildman–Crippen LogP) is 2.04. The van der Waals surface area contributed by atoms with Crippen LogP contribution in [-0.2, 0) is 0 Å². The van der Waals surface area contributed by atoms with Crippen LogP contribution < -0.4 is 10.6 Å². The van der Waals surface area contributed by atoms with Gasteiger partial charge >= 0.3 is 0 Å². The second kappa shape index (κ2) is 2.95. The Kier molecular flexibility index (Phi) is 1.69. The average Bonchev–Trinajstić information content (AvgIpc) is 2.66. The van der Waals surface area contributed by atoms with Crippen molar-refractivity contribution >= 4 is 12.3 Å². The third-order valence-electron chi connectivity index (χ3n) is 2.95. The lowest BCUT2D eigenvalue weighted by molar-refractivity contribution is 0.472. The van der Waals surface area contributed by atoms with E-state index < -0.39 is 0 Å². The molecule has 0 saturated heterocycles. The highest BCUT2D eigenvalue weighted by Gasteiger charge is 2.18. The van der Waals surface area contributed by atoms with E-state index in [1.165, 1.54) is 0 Å². The van der Waals surface area contributed by atoms with Crippen LogP contribution in [0.15, 0.2) is 35.3 Å². The molecule has 2 nitrogen and oxygen atoms in total. The van der Waals surface area contributed by atoms with E-state index in [0.717, 1.165) is 27.7 Å². The number of phenols is 1. The molecule has 1 aliphatic heterocycles. The number of nitrogens with zero attached hydrogens (tertiary/aromatic N) is 1. The normalized spacial score (nSPS) is 11.8. The molecule has 0 atom stereocenters. The summed E-state index contributed by atoms with van der Waals surface area (Å²) < 4.78 is 0. The maximum Gasteiger partial charge on any atom is 0.132 e. The van der Waals surface area contributed by atoms with Gasteiger partial charge in [0.25, 0.3) is 0 Å². The Morgan fingerprint density at radius 2 is 2.00 bits per heavy atom. The fraction of sp³-hybridized carbons (Fsp3) is 0.0714. The van der Waals surface area contributed by atoms with Gasteiger partial charge in [-0.25, -0.2) is 4.99 Å². The van der Waals surface area contributed by atoms with Gasteiger partial charge in [0.15, 0.2) is 0 Å². The number of aryl methyl sites for hydroxylation is 1. The number of fused-ring (bicyclic) bond motifs is 3. The Bertz CT molecular complexity index is 701. The molecule has 2 aromatic carbocycles. The molecule has 3 rings (SSSR count). The molecule has 78 valence electrons. The van der Waals surface area contributed by atoms with Gasteiger partial charge in [0, 0.05) is 10.8 Å². The third-order valence-corrected chi connectivity index (χ3v) is 2.95. The molecular weight excluding hydrogens is 198 g/mol. The summed E-state index contributed by atoms with van der Waals surface area (Å²) in [6.07, 6.45) is 0. The topological polar surface area (TPSA) is 32.6 Å². The minimum Gasteiger partial charge on any atom is -0.507 e. The van der Waals surface area contributed by atoms with Gasteiger partial charge in [-0.2, -0.15) is 0 Å². The van der Waals surface area contributed by atoms with Crippen LogP contribution in [0.3, 0.4) is 0 Å². The maximum absolute atomic E-state index is 10.1. The van der Waals surface area contributed by atoms with Crippen molar-refractivity contribution in [1.82, 2.24) is 0 Å². The van der Waals surface area contributed by atoms with Crippen molar-refractivity contribution in [1.29, 1.82) is 0 Å². The van der Waals surface area contributed by atoms with Crippen LogP contribution in [0.5, 0.6) is 5.75 Å². The zero-order valence-electron chi connectivity index (χ0n) is 8.99. The van der Waals surface area contributed by atoms with Gasteiger partial charge < -0.3 is 5.11 Å². The highest BCUT2D eigenvalue weighted by atomic mass is 16.3. The Morgan fingerprint density at radius 3 is 2.81 bits per heavy atom. The molecule has 0 fully saturated rings. The van der Waals surface area contributed by atoms with E-state index in [4.69, 9.17) is 0 Å². The van der Waals surface area contributed by atoms with Crippen molar-refractivity contribution in [2.45, 2.75) is 6.92 Å². The summed E-state index contributed by atoms with van der Waals surface area (Å²) in [7, 11) is 0. The molecule has 0 aliphatic carbocycles. The van der Waals surface area contributed by atoms with Gasteiger partial charge in [0.2, 0.25) is 0 Å². The van der Waals surface area contributed by atoms with Crippen LogP contribution in [0.4, 0.5) is 5.69 Å². The number of para-hydroxylation sites is 1. The zero-order valence-corrected chi connectivity index (χ0v) is 8.99. The van der Waals surface area contributed by atoms with E-state index >= 15 is 0 Å². The van der Waals surface area contributed by atoms with Gasteiger partial charge in [-0.3, -0.25) is 0 Å². The SMILES string of the molecule is C=c1cc(C)c2c(c1O)-c1ccccc1N=2. The van der Waals surface area contributed by atoms with Crippen LogP contribution in [-0.4, -0.2) is 5.11 Å². The number of benzene rings is 2. The van der Waals surface area contributed by atoms with Gasteiger partial charge in [-0.1, -0.05) is 24.8 Å². The van der Waals surface area contributed by atoms with Crippen molar-refractivity contribution in [3.05, 3.63) is 46.5 Å². The number of hydrogen-bond acceptors (Lipinski definition) is 2. The van der Waals surface area contributed by atoms with Crippen LogP contribution in [0.2, 0.25) is 0 Å². The van der Waals surface area contributed by atoms with Crippen LogP contribution in [0.1, 0.15) is 5.56 Å². The minimum absolute atomic E-state index is 0.245. The summed E-state index contributed by atoms with van der Waals surface area (Å²) in [5.74, 6) is 0.245. The minimum atomic E-state index is 0.245. The highest BCUT2D eigenvalue weighted by Crippen LogP contribution is 2.35. The summed E-state index contributed by atoms with van der Waals surface area (Å²) >= 11 is 0. The number of phenolic OH excluding ortho intramolecular Hbond substituents is 1. The molecule has 16 heavy (non-hydrogen) atoms. The molecule has 0 amide bonds. The quantitative estimate of drug-likeness (QED) is 0.603. The summed E-state index contributed by atoms with van der Waals surface area (Å²) in [5.41, 5.74) is 3.78. The molecule has 0 radical (unpaired) electrons. The van der Waals surface area contributed by atoms with Gasteiger partial charge in [0.1, 0.15) is 5.75 Å². The van der Waals surface area contributed by atoms with Crippen molar-refractivity contribution in [2.24, 2.45) is 4.99 Å². The lowest BCUT2D eigenvalue weighted by Crippen LogP contribution is -2.13. The summed E-state index contributed by atoms with van der Waals surface area (Å²) in [4.78, 5) is 4.53. The van der Waals surface area contributed by atoms with Crippen LogP contribution in [0.25, 0.3) is 17.7 Å². The third kappa shape index (κ3) is 1.04. The fourth-order valence-corrected chi connectivity index (χ4v) is 2.17. The first-order valence-electron chi connectivity index (χ1n) is 5.18. The van der Waals surface area contributed by atoms with Crippen molar-refractivity contribution in [3.8, 4) is 16.9 Å². The molecular formula is C14H11NO. The van der Waals surface area contributed by atoms with Gasteiger partial charge in [-0.05, 0) is 24.6 Å². The number of aromatic hydroxyl groups is 1. The molecule has 0 spiro atoms. The number of hydrogen-bond donors (Lipinski definition) is 1. The maximum atomic E-state index is 10.1. The molecule has 2 heteroatoms. The van der Waals surface area contributed by atoms with Crippen molar-refractivity contribution < 1.29 is 5.11 Å². The van der Waals surface area contributed by atoms with E-state index in [1.807, 2.05) is 37.3 Å². The lowest BCUT2D eigenvalue weighted by atomic mass is 10.0. The summed E-state index contributed by atoms with van der Waals surface area (Å²) in [6, 6.07) is 9.70. The molecule has 0 aromatic heterocycles. The highest BCUT2D eigenvalue weighted by molar-refractivity contribution is 5.83. The molecule has 0 saturated carbocycles. The first-order valence-corrected chi connectivity index (χ1v) is 5.18. The first-order chi connectivity index (χ1) is 7.68. The van der Waals surface area contributed by atoms with E-state index in [0.29, 0.717) is 5.22 Å². The molecule has 0 unspecified atom stereocenters. The smallest absolute Gasteiger partial charge is 0.132 e. The molecule has 0 bridgehead atoms. The molecule has 1 aliphatic rings. The molecule has 1 heterocycles. The largest absolute Gasteiger partial charge is 0.507 e. The van der Waals surface area contributed by atoms with E-state index in [-0.39, 0.29) is 5.75 Å². The standard InChI is InChI=1S/C14H11NO/c1-8-7-9(2)14(16)12-10-5-3-4-6-11(10)15-13(8)12/h3-7,16H,2H2,1H3. The summed E-state index contributed by atoms with van der Waals surface area (Å²) in [6.45, 7) is 5.83. The first kappa shape index (κ1) is 9.16. The fourth-order valence-electron chi connectivity index (χ4n) is 2.17. The van der Waals surface area contributed by atoms with E-state index in [9.17, 15) is 5.11 Å². The van der Waals surface area contributed by atoms with Crippen molar-refractivity contribution in [3.63, 3.8) is 0 Å². The zero-order chi connectivity index (χ0) is 11.3. The molecule has 2 aromatic rings. The molecule has 1 N–H and O–H groups in total. The monoisotopic (exact) mass is 209 g/mol. The lowest BCUT2D eigenvalue weighted by Gasteiger charge is -2.03. The Morgan fingerprint density at radius 1 is 1.25 bits per heavy atom. The van der Waals surface area contributed by atoms with Crippen LogP contribution in [0, 0.1) is 6.92 Å². The van der Waals surface area contributed by atoms with Gasteiger partial charge in [-0.15, -0.1) is 0 Å². The Balaban J connectivity index is 2.54. The predicted molar refractivity (Wildman–Crippen MR) is 64.2 cm³/mol. The van der Waals surface area contributed by atoms with E-state index in [1.54, 1.807) is 0 Å². The second-order valence-corrected chi connectivity index (χ2v) is 4.05. The Hall–Kier alpha value is -2.09. The second-order valence-electron chi connectivity index (χ2n) is 4.05. The number of rotatable bonds is 0.